The molecule has 5 nitrogen and oxygen atoms in total. The van der Waals surface area contributed by atoms with Gasteiger partial charge in [-0.3, -0.25) is 9.59 Å². The van der Waals surface area contributed by atoms with Crippen LogP contribution in [-0.4, -0.2) is 17.8 Å². The fraction of sp³-hybridized carbons (Fsp3) is 0.0556. The van der Waals surface area contributed by atoms with E-state index in [0.717, 1.165) is 23.1 Å². The number of hydrogen-bond acceptors (Lipinski definition) is 4. The van der Waals surface area contributed by atoms with Gasteiger partial charge in [0, 0.05) is 11.6 Å². The lowest BCUT2D eigenvalue weighted by atomic mass is 9.84. The molecular formula is C18H10FNO4. The molecule has 0 radical (unpaired) electrons. The normalized spacial score (nSPS) is 22.0. The molecule has 4 rings (SSSR count). The van der Waals surface area contributed by atoms with Crippen molar-refractivity contribution in [2.45, 2.75) is 5.60 Å². The van der Waals surface area contributed by atoms with Crippen LogP contribution in [0.25, 0.3) is 0 Å². The maximum Gasteiger partial charge on any atom is 0.332 e. The minimum Gasteiger partial charge on any atom is -0.436 e. The molecule has 0 bridgehead atoms. The molecule has 24 heavy (non-hydrogen) atoms. The molecule has 0 N–H and O–H groups in total. The average Bonchev–Trinajstić information content (AvgIpc) is 2.97. The number of rotatable bonds is 1. The van der Waals surface area contributed by atoms with Crippen LogP contribution in [0.4, 0.5) is 10.1 Å². The van der Waals surface area contributed by atoms with E-state index in [1.54, 1.807) is 30.3 Å². The summed E-state index contributed by atoms with van der Waals surface area (Å²) in [7, 11) is 0. The molecule has 2 aliphatic heterocycles. The van der Waals surface area contributed by atoms with Gasteiger partial charge in [-0.05, 0) is 30.3 Å². The van der Waals surface area contributed by atoms with E-state index in [1.807, 2.05) is 0 Å². The Balaban J connectivity index is 1.98. The zero-order chi connectivity index (χ0) is 16.9. The van der Waals surface area contributed by atoms with Crippen LogP contribution in [0.2, 0.25) is 0 Å². The molecule has 118 valence electrons. The molecule has 0 saturated heterocycles. The molecule has 2 heterocycles. The van der Waals surface area contributed by atoms with Crippen molar-refractivity contribution in [1.29, 1.82) is 0 Å². The van der Waals surface area contributed by atoms with Crippen molar-refractivity contribution in [2.75, 3.05) is 4.90 Å². The Kier molecular flexibility index (Phi) is 2.90. The second-order valence-corrected chi connectivity index (χ2v) is 5.46. The van der Waals surface area contributed by atoms with E-state index in [4.69, 9.17) is 4.74 Å². The molecule has 1 atom stereocenters. The number of anilines is 1. The molecule has 2 amide bonds. The average molecular weight is 323 g/mol. The largest absolute Gasteiger partial charge is 0.436 e. The summed E-state index contributed by atoms with van der Waals surface area (Å²) in [4.78, 5) is 38.3. The van der Waals surface area contributed by atoms with Gasteiger partial charge in [-0.15, -0.1) is 0 Å². The van der Waals surface area contributed by atoms with Crippen LogP contribution < -0.4 is 4.90 Å². The summed E-state index contributed by atoms with van der Waals surface area (Å²) in [6, 6.07) is 11.7. The van der Waals surface area contributed by atoms with Gasteiger partial charge in [-0.2, -0.15) is 0 Å². The molecule has 0 saturated carbocycles. The molecule has 6 heteroatoms. The van der Waals surface area contributed by atoms with Crippen LogP contribution in [0.15, 0.2) is 60.7 Å². The first-order chi connectivity index (χ1) is 11.5. The van der Waals surface area contributed by atoms with Crippen molar-refractivity contribution in [2.24, 2.45) is 0 Å². The molecule has 0 fully saturated rings. The van der Waals surface area contributed by atoms with Gasteiger partial charge in [0.25, 0.3) is 11.8 Å². The topological polar surface area (TPSA) is 63.7 Å². The molecule has 0 aliphatic carbocycles. The predicted octanol–water partition coefficient (Wildman–Crippen LogP) is 2.32. The van der Waals surface area contributed by atoms with E-state index < -0.39 is 29.2 Å². The first-order valence-corrected chi connectivity index (χ1v) is 7.19. The monoisotopic (exact) mass is 323 g/mol. The molecule has 0 aromatic heterocycles. The highest BCUT2D eigenvalue weighted by Crippen LogP contribution is 2.41. The number of ether oxygens (including phenoxy) is 1. The van der Waals surface area contributed by atoms with Gasteiger partial charge in [-0.1, -0.05) is 24.3 Å². The van der Waals surface area contributed by atoms with Crippen molar-refractivity contribution >= 4 is 23.5 Å². The summed E-state index contributed by atoms with van der Waals surface area (Å²) in [5, 5.41) is 0. The standard InChI is InChI=1S/C18H10FNO4/c19-11-6-7-14-13(10-11)16(22)20(12-4-2-1-3-5-12)17(23)18(14)9-8-15(21)24-18/h1-10H. The third kappa shape index (κ3) is 1.83. The lowest BCUT2D eigenvalue weighted by Gasteiger charge is -2.37. The summed E-state index contributed by atoms with van der Waals surface area (Å²) in [6.45, 7) is 0. The highest BCUT2D eigenvalue weighted by Gasteiger charge is 2.54. The van der Waals surface area contributed by atoms with E-state index in [2.05, 4.69) is 0 Å². The van der Waals surface area contributed by atoms with Crippen molar-refractivity contribution in [3.8, 4) is 0 Å². The van der Waals surface area contributed by atoms with Crippen LogP contribution in [0.3, 0.4) is 0 Å². The second kappa shape index (κ2) is 4.86. The minimum atomic E-state index is -1.75. The predicted molar refractivity (Wildman–Crippen MR) is 81.6 cm³/mol. The molecular weight excluding hydrogens is 313 g/mol. The molecule has 1 spiro atoms. The number of benzene rings is 2. The summed E-state index contributed by atoms with van der Waals surface area (Å²) < 4.78 is 18.9. The van der Waals surface area contributed by atoms with Gasteiger partial charge in [0.1, 0.15) is 5.82 Å². The van der Waals surface area contributed by atoms with Crippen LogP contribution in [0.5, 0.6) is 0 Å². The number of amides is 2. The summed E-state index contributed by atoms with van der Waals surface area (Å²) in [5.41, 5.74) is -1.28. The summed E-state index contributed by atoms with van der Waals surface area (Å²) in [5.74, 6) is -2.68. The van der Waals surface area contributed by atoms with Crippen LogP contribution >= 0.6 is 0 Å². The third-order valence-corrected chi connectivity index (χ3v) is 4.07. The highest BCUT2D eigenvalue weighted by atomic mass is 19.1. The van der Waals surface area contributed by atoms with Gasteiger partial charge < -0.3 is 4.74 Å². The van der Waals surface area contributed by atoms with Gasteiger partial charge in [0.15, 0.2) is 0 Å². The van der Waals surface area contributed by atoms with Gasteiger partial charge in [-0.25, -0.2) is 14.1 Å². The van der Waals surface area contributed by atoms with E-state index in [0.29, 0.717) is 5.69 Å². The Bertz CT molecular complexity index is 922. The van der Waals surface area contributed by atoms with Crippen molar-refractivity contribution in [1.82, 2.24) is 0 Å². The Hall–Kier alpha value is -3.28. The van der Waals surface area contributed by atoms with Gasteiger partial charge in [0.05, 0.1) is 11.3 Å². The summed E-state index contributed by atoms with van der Waals surface area (Å²) in [6.07, 6.45) is 2.43. The lowest BCUT2D eigenvalue weighted by Crippen LogP contribution is -2.54. The molecule has 2 aromatic rings. The van der Waals surface area contributed by atoms with Crippen LogP contribution in [-0.2, 0) is 19.9 Å². The first kappa shape index (κ1) is 14.3. The minimum absolute atomic E-state index is 0.0159. The maximum atomic E-state index is 13.7. The van der Waals surface area contributed by atoms with Crippen LogP contribution in [0.1, 0.15) is 15.9 Å². The number of imide groups is 1. The Morgan fingerprint density at radius 1 is 1.00 bits per heavy atom. The molecule has 2 aliphatic rings. The van der Waals surface area contributed by atoms with E-state index in [9.17, 15) is 18.8 Å². The Labute approximate surface area is 136 Å². The smallest absolute Gasteiger partial charge is 0.332 e. The molecule has 1 unspecified atom stereocenters. The van der Waals surface area contributed by atoms with Crippen LogP contribution in [0, 0.1) is 5.82 Å². The number of carbonyl (C=O) groups excluding carboxylic acids is 3. The Morgan fingerprint density at radius 2 is 1.75 bits per heavy atom. The number of fused-ring (bicyclic) bond motifs is 2. The quantitative estimate of drug-likeness (QED) is 0.597. The second-order valence-electron chi connectivity index (χ2n) is 5.46. The fourth-order valence-corrected chi connectivity index (χ4v) is 2.99. The molecule has 2 aromatic carbocycles. The first-order valence-electron chi connectivity index (χ1n) is 7.19. The zero-order valence-corrected chi connectivity index (χ0v) is 12.2. The summed E-state index contributed by atoms with van der Waals surface area (Å²) >= 11 is 0. The highest BCUT2D eigenvalue weighted by molar-refractivity contribution is 6.28. The van der Waals surface area contributed by atoms with Crippen molar-refractivity contribution in [3.05, 3.63) is 77.6 Å². The number of halogens is 1. The number of carbonyl (C=O) groups is 3. The van der Waals surface area contributed by atoms with E-state index >= 15 is 0 Å². The zero-order valence-electron chi connectivity index (χ0n) is 12.2. The third-order valence-electron chi connectivity index (χ3n) is 4.07. The number of esters is 1. The van der Waals surface area contributed by atoms with E-state index in [1.165, 1.54) is 12.1 Å². The van der Waals surface area contributed by atoms with Gasteiger partial charge in [0.2, 0.25) is 5.60 Å². The van der Waals surface area contributed by atoms with Crippen molar-refractivity contribution in [3.63, 3.8) is 0 Å². The number of hydrogen-bond donors (Lipinski definition) is 0. The number of para-hydroxylation sites is 1. The van der Waals surface area contributed by atoms with Crippen molar-refractivity contribution < 1.29 is 23.5 Å². The number of nitrogens with zero attached hydrogens (tertiary/aromatic N) is 1. The lowest BCUT2D eigenvalue weighted by molar-refractivity contribution is -0.155. The Morgan fingerprint density at radius 3 is 2.42 bits per heavy atom. The SMILES string of the molecule is O=C1C=CC2(O1)C(=O)N(c1ccccc1)C(=O)c1cc(F)ccc12. The van der Waals surface area contributed by atoms with E-state index in [-0.39, 0.29) is 11.1 Å². The fourth-order valence-electron chi connectivity index (χ4n) is 2.99. The maximum absolute atomic E-state index is 13.7. The van der Waals surface area contributed by atoms with Gasteiger partial charge >= 0.3 is 5.97 Å².